The van der Waals surface area contributed by atoms with Gasteiger partial charge in [0, 0.05) is 31.3 Å². The van der Waals surface area contributed by atoms with E-state index in [9.17, 15) is 33.9 Å². The molecule has 0 spiro atoms. The maximum Gasteiger partial charge on any atom is 0.410 e. The largest absolute Gasteiger partial charge is 0.508 e. The molecule has 16 heteroatoms. The number of hydrogen-bond acceptors (Lipinski definition) is 11. The quantitative estimate of drug-likeness (QED) is 0.0275. The van der Waals surface area contributed by atoms with Crippen molar-refractivity contribution in [3.8, 4) is 5.75 Å². The Morgan fingerprint density at radius 1 is 0.773 bits per heavy atom. The average Bonchev–Trinajstić information content (AvgIpc) is 3.26. The Labute approximate surface area is 390 Å². The third-order valence-electron chi connectivity index (χ3n) is 9.90. The zero-order valence-corrected chi connectivity index (χ0v) is 39.3. The number of esters is 1. The first-order chi connectivity index (χ1) is 31.1. The summed E-state index contributed by atoms with van der Waals surface area (Å²) in [5.41, 5.74) is 7.18. The second-order valence-electron chi connectivity index (χ2n) is 17.4. The van der Waals surface area contributed by atoms with E-state index in [2.05, 4.69) is 22.5 Å². The minimum Gasteiger partial charge on any atom is -0.508 e. The lowest BCUT2D eigenvalue weighted by Crippen LogP contribution is -2.55. The molecule has 66 heavy (non-hydrogen) atoms. The minimum atomic E-state index is -1.30. The van der Waals surface area contributed by atoms with E-state index in [1.165, 1.54) is 43.1 Å². The number of benzene rings is 4. The molecule has 0 saturated heterocycles. The molecule has 0 saturated carbocycles. The number of carbonyl (C=O) groups is 6. The Hall–Kier alpha value is -6.81. The maximum atomic E-state index is 14.4. The normalized spacial score (nSPS) is 12.9. The zero-order chi connectivity index (χ0) is 48.7. The number of carbonyl (C=O) groups excluding carboxylic acids is 6. The number of phenols is 1. The number of thioether (sulfide) groups is 1. The van der Waals surface area contributed by atoms with E-state index in [1.54, 1.807) is 41.5 Å². The van der Waals surface area contributed by atoms with E-state index in [1.807, 2.05) is 91.0 Å². The fourth-order valence-electron chi connectivity index (χ4n) is 6.88. The first-order valence-electron chi connectivity index (χ1n) is 21.4. The number of likely N-dealkylation sites (N-methyl/N-ethyl adjacent to an activating group) is 1. The first kappa shape index (κ1) is 51.8. The Morgan fingerprint density at radius 3 is 1.79 bits per heavy atom. The Kier molecular flexibility index (Phi) is 18.4. The van der Waals surface area contributed by atoms with Gasteiger partial charge in [-0.1, -0.05) is 110 Å². The molecular weight excluding hydrogens is 863 g/mol. The van der Waals surface area contributed by atoms with Crippen molar-refractivity contribution in [2.75, 3.05) is 26.0 Å². The number of alkyl carbamates (subject to hydrolysis) is 1. The molecular formula is C50H61N5O10S. The second-order valence-corrected chi connectivity index (χ2v) is 18.6. The summed E-state index contributed by atoms with van der Waals surface area (Å²) < 4.78 is 15.3. The summed E-state index contributed by atoms with van der Waals surface area (Å²) in [7, 11) is 1.37. The molecule has 6 N–H and O–H groups in total. The topological polar surface area (TPSA) is 216 Å². The van der Waals surface area contributed by atoms with E-state index >= 15 is 0 Å². The third kappa shape index (κ3) is 14.9. The predicted octanol–water partition coefficient (Wildman–Crippen LogP) is 6.61. The van der Waals surface area contributed by atoms with Crippen LogP contribution in [0.3, 0.4) is 0 Å². The Balaban J connectivity index is 1.61. The van der Waals surface area contributed by atoms with E-state index in [0.29, 0.717) is 0 Å². The van der Waals surface area contributed by atoms with Gasteiger partial charge in [0.2, 0.25) is 11.8 Å². The number of nitrogens with zero attached hydrogens (tertiary/aromatic N) is 1. The highest BCUT2D eigenvalue weighted by molar-refractivity contribution is 8.00. The first-order valence-corrected chi connectivity index (χ1v) is 22.4. The number of primary amides is 1. The van der Waals surface area contributed by atoms with Crippen molar-refractivity contribution in [2.24, 2.45) is 5.73 Å². The zero-order valence-electron chi connectivity index (χ0n) is 38.5. The van der Waals surface area contributed by atoms with Crippen LogP contribution >= 0.6 is 11.8 Å². The number of ether oxygens (including phenoxy) is 3. The van der Waals surface area contributed by atoms with Crippen LogP contribution in [0.25, 0.3) is 0 Å². The Morgan fingerprint density at radius 2 is 1.30 bits per heavy atom. The maximum absolute atomic E-state index is 14.4. The molecule has 0 bridgehead atoms. The van der Waals surface area contributed by atoms with Crippen molar-refractivity contribution in [3.05, 3.63) is 150 Å². The molecule has 3 atom stereocenters. The molecule has 352 valence electrons. The van der Waals surface area contributed by atoms with Crippen molar-refractivity contribution < 1.29 is 48.1 Å². The number of nitrogens with one attached hydrogen (secondary N) is 3. The molecule has 0 aliphatic heterocycles. The standard InChI is InChI=1S/C50H61N5O10S/c1-9-29-63-45(60)39(54-46(61)64-48(2,3)4)30-33-25-26-37(56)31-38(33)43(58)52-28-27-41(55(8)47(62)65-49(5,6)7)44(59)53-40(42(51)57)32-66-50(34-19-13-10-14-20-34,35-21-15-11-16-22-35)36-23-17-12-18-24-36/h9-26,31,39-41,56H,1,27-30,32H2,2-8H3,(H2,51,57)(H,52,58)(H,53,59)(H,54,61)/t39-,40-,41?/m0/s1. The van der Waals surface area contributed by atoms with Gasteiger partial charge in [0.25, 0.3) is 5.91 Å². The summed E-state index contributed by atoms with van der Waals surface area (Å²) >= 11 is 1.42. The molecule has 0 aliphatic rings. The van der Waals surface area contributed by atoms with Crippen LogP contribution in [0.4, 0.5) is 9.59 Å². The lowest BCUT2D eigenvalue weighted by atomic mass is 9.84. The summed E-state index contributed by atoms with van der Waals surface area (Å²) in [6.07, 6.45) is -0.781. The van der Waals surface area contributed by atoms with Crippen LogP contribution in [-0.2, 0) is 39.8 Å². The van der Waals surface area contributed by atoms with Crippen LogP contribution in [0, 0.1) is 0 Å². The fourth-order valence-corrected chi connectivity index (χ4v) is 8.45. The summed E-state index contributed by atoms with van der Waals surface area (Å²) in [6.45, 7) is 13.2. The molecule has 1 unspecified atom stereocenters. The lowest BCUT2D eigenvalue weighted by Gasteiger charge is -2.36. The van der Waals surface area contributed by atoms with Crippen LogP contribution in [-0.4, -0.2) is 101 Å². The molecule has 0 aromatic heterocycles. The lowest BCUT2D eigenvalue weighted by molar-refractivity contribution is -0.144. The van der Waals surface area contributed by atoms with Crippen molar-refractivity contribution in [1.82, 2.24) is 20.9 Å². The minimum absolute atomic E-state index is 0.0184. The van der Waals surface area contributed by atoms with E-state index in [-0.39, 0.29) is 48.6 Å². The van der Waals surface area contributed by atoms with Gasteiger partial charge in [0.1, 0.15) is 41.7 Å². The van der Waals surface area contributed by atoms with Crippen LogP contribution in [0.1, 0.15) is 80.6 Å². The smallest absolute Gasteiger partial charge is 0.410 e. The van der Waals surface area contributed by atoms with Gasteiger partial charge in [-0.05, 0) is 82.3 Å². The summed E-state index contributed by atoms with van der Waals surface area (Å²) in [4.78, 5) is 81.8. The van der Waals surface area contributed by atoms with Gasteiger partial charge >= 0.3 is 18.2 Å². The summed E-state index contributed by atoms with van der Waals surface area (Å²) in [5, 5.41) is 18.4. The van der Waals surface area contributed by atoms with Crippen molar-refractivity contribution in [2.45, 2.75) is 88.5 Å². The van der Waals surface area contributed by atoms with Gasteiger partial charge in [-0.3, -0.25) is 19.3 Å². The third-order valence-corrected chi connectivity index (χ3v) is 11.5. The molecule has 0 heterocycles. The monoisotopic (exact) mass is 923 g/mol. The van der Waals surface area contributed by atoms with Gasteiger partial charge < -0.3 is 41.0 Å². The van der Waals surface area contributed by atoms with Crippen LogP contribution in [0.2, 0.25) is 0 Å². The molecule has 0 radical (unpaired) electrons. The fraction of sp³-hybridized carbons (Fsp3) is 0.360. The van der Waals surface area contributed by atoms with Gasteiger partial charge in [-0.2, -0.15) is 0 Å². The average molecular weight is 924 g/mol. The van der Waals surface area contributed by atoms with Crippen LogP contribution in [0.15, 0.2) is 122 Å². The van der Waals surface area contributed by atoms with E-state index < -0.39 is 70.0 Å². The molecule has 0 fully saturated rings. The molecule has 4 aromatic rings. The van der Waals surface area contributed by atoms with E-state index in [0.717, 1.165) is 21.6 Å². The van der Waals surface area contributed by atoms with Crippen molar-refractivity contribution in [1.29, 1.82) is 0 Å². The summed E-state index contributed by atoms with van der Waals surface area (Å²) in [5.74, 6) is -3.32. The van der Waals surface area contributed by atoms with Crippen molar-refractivity contribution >= 4 is 47.6 Å². The number of nitrogens with two attached hydrogens (primary N) is 1. The van der Waals surface area contributed by atoms with Crippen molar-refractivity contribution in [3.63, 3.8) is 0 Å². The number of amides is 5. The molecule has 0 aliphatic carbocycles. The number of phenolic OH excluding ortho intramolecular Hbond substituents is 1. The highest BCUT2D eigenvalue weighted by Gasteiger charge is 2.39. The van der Waals surface area contributed by atoms with Gasteiger partial charge in [-0.15, -0.1) is 11.8 Å². The molecule has 4 aromatic carbocycles. The highest BCUT2D eigenvalue weighted by atomic mass is 32.2. The van der Waals surface area contributed by atoms with Crippen LogP contribution < -0.4 is 21.7 Å². The van der Waals surface area contributed by atoms with Gasteiger partial charge in [0.05, 0.1) is 4.75 Å². The highest BCUT2D eigenvalue weighted by Crippen LogP contribution is 2.48. The molecule has 15 nitrogen and oxygen atoms in total. The second kappa shape index (κ2) is 23.4. The van der Waals surface area contributed by atoms with Gasteiger partial charge in [-0.25, -0.2) is 14.4 Å². The van der Waals surface area contributed by atoms with Gasteiger partial charge in [0.15, 0.2) is 0 Å². The Bertz CT molecular complexity index is 2200. The number of rotatable bonds is 20. The van der Waals surface area contributed by atoms with Crippen LogP contribution in [0.5, 0.6) is 5.75 Å². The van der Waals surface area contributed by atoms with E-state index in [4.69, 9.17) is 19.9 Å². The predicted molar refractivity (Wildman–Crippen MR) is 254 cm³/mol. The molecule has 4 rings (SSSR count). The number of hydrogen-bond donors (Lipinski definition) is 5. The SMILES string of the molecule is C=CCOC(=O)[C@H](Cc1ccc(O)cc1C(=O)NCCC(C(=O)N[C@@H](CSC(c1ccccc1)(c1ccccc1)c1ccccc1)C(N)=O)N(C)C(=O)OC(C)(C)C)NC(=O)OC(C)(C)C. The number of aromatic hydroxyl groups is 1. The molecule has 5 amide bonds. The summed E-state index contributed by atoms with van der Waals surface area (Å²) in [6, 6.07) is 29.5.